The lowest BCUT2D eigenvalue weighted by atomic mass is 10.1. The minimum atomic E-state index is -0.673. The first-order chi connectivity index (χ1) is 11.7. The van der Waals surface area contributed by atoms with Gasteiger partial charge in [-0.05, 0) is 12.8 Å². The summed E-state index contributed by atoms with van der Waals surface area (Å²) in [5.74, 6) is 1.83. The molecule has 1 N–H and O–H groups in total. The standard InChI is InChI=1S/C19H33NO4/c1-4-7-9-11-13-16-23-18(21)17(14-12-10-8-5-2)20-19(22)24-15-6-3/h3,17H,4-5,7-16H2,1-2H3,(H,20,22). The number of carbonyl (C=O) groups excluding carboxylic acids is 2. The number of hydrogen-bond donors (Lipinski definition) is 1. The van der Waals surface area contributed by atoms with Crippen molar-refractivity contribution in [2.24, 2.45) is 0 Å². The Morgan fingerprint density at radius 2 is 1.58 bits per heavy atom. The number of ether oxygens (including phenoxy) is 2. The molecule has 1 atom stereocenters. The Balaban J connectivity index is 4.20. The average molecular weight is 339 g/mol. The molecule has 24 heavy (non-hydrogen) atoms. The van der Waals surface area contributed by atoms with Crippen LogP contribution in [0.3, 0.4) is 0 Å². The number of hydrogen-bond acceptors (Lipinski definition) is 4. The van der Waals surface area contributed by atoms with Crippen LogP contribution in [-0.4, -0.2) is 31.3 Å². The Labute approximate surface area is 146 Å². The smallest absolute Gasteiger partial charge is 0.408 e. The number of rotatable bonds is 14. The van der Waals surface area contributed by atoms with Gasteiger partial charge in [0.15, 0.2) is 6.61 Å². The molecule has 1 unspecified atom stereocenters. The number of esters is 1. The molecular formula is C19H33NO4. The number of nitrogens with one attached hydrogen (secondary N) is 1. The second kappa shape index (κ2) is 16.2. The van der Waals surface area contributed by atoms with Gasteiger partial charge in [-0.25, -0.2) is 9.59 Å². The summed E-state index contributed by atoms with van der Waals surface area (Å²) >= 11 is 0. The third-order valence-electron chi connectivity index (χ3n) is 3.70. The van der Waals surface area contributed by atoms with Crippen LogP contribution in [0.4, 0.5) is 4.79 Å². The van der Waals surface area contributed by atoms with Crippen LogP contribution >= 0.6 is 0 Å². The fraction of sp³-hybridized carbons (Fsp3) is 0.789. The molecule has 0 aromatic heterocycles. The van der Waals surface area contributed by atoms with Gasteiger partial charge in [0.2, 0.25) is 0 Å². The predicted molar refractivity (Wildman–Crippen MR) is 95.6 cm³/mol. The molecule has 0 aliphatic carbocycles. The highest BCUT2D eigenvalue weighted by Crippen LogP contribution is 2.08. The summed E-state index contributed by atoms with van der Waals surface area (Å²) < 4.78 is 10.1. The molecule has 138 valence electrons. The van der Waals surface area contributed by atoms with Crippen molar-refractivity contribution in [3.05, 3.63) is 0 Å². The van der Waals surface area contributed by atoms with Crippen molar-refractivity contribution in [1.82, 2.24) is 5.32 Å². The Hall–Kier alpha value is -1.70. The predicted octanol–water partition coefficient (Wildman–Crippen LogP) is 4.20. The summed E-state index contributed by atoms with van der Waals surface area (Å²) in [5, 5.41) is 2.56. The maximum atomic E-state index is 12.2. The third kappa shape index (κ3) is 12.8. The Kier molecular flexibility index (Phi) is 15.0. The topological polar surface area (TPSA) is 64.6 Å². The van der Waals surface area contributed by atoms with E-state index in [9.17, 15) is 9.59 Å². The van der Waals surface area contributed by atoms with Crippen LogP contribution in [0.2, 0.25) is 0 Å². The van der Waals surface area contributed by atoms with Gasteiger partial charge in [0.1, 0.15) is 6.04 Å². The van der Waals surface area contributed by atoms with Gasteiger partial charge in [-0.3, -0.25) is 0 Å². The van der Waals surface area contributed by atoms with Crippen LogP contribution in [0.1, 0.15) is 78.1 Å². The average Bonchev–Trinajstić information content (AvgIpc) is 2.58. The van der Waals surface area contributed by atoms with Crippen molar-refractivity contribution in [2.45, 2.75) is 84.1 Å². The molecule has 0 bridgehead atoms. The molecular weight excluding hydrogens is 306 g/mol. The number of alkyl carbamates (subject to hydrolysis) is 1. The van der Waals surface area contributed by atoms with Crippen LogP contribution in [0.5, 0.6) is 0 Å². The van der Waals surface area contributed by atoms with E-state index >= 15 is 0 Å². The van der Waals surface area contributed by atoms with Crippen LogP contribution in [-0.2, 0) is 14.3 Å². The van der Waals surface area contributed by atoms with Gasteiger partial charge in [0.25, 0.3) is 0 Å². The quantitative estimate of drug-likeness (QED) is 0.293. The molecule has 0 heterocycles. The highest BCUT2D eigenvalue weighted by Gasteiger charge is 2.22. The van der Waals surface area contributed by atoms with Gasteiger partial charge >= 0.3 is 12.1 Å². The molecule has 0 aromatic rings. The molecule has 0 aromatic carbocycles. The summed E-state index contributed by atoms with van der Waals surface area (Å²) in [6.45, 7) is 4.57. The van der Waals surface area contributed by atoms with E-state index in [0.717, 1.165) is 44.9 Å². The monoisotopic (exact) mass is 339 g/mol. The van der Waals surface area contributed by atoms with Crippen molar-refractivity contribution in [3.8, 4) is 12.3 Å². The molecule has 0 aliphatic heterocycles. The van der Waals surface area contributed by atoms with Crippen LogP contribution in [0.15, 0.2) is 0 Å². The zero-order chi connectivity index (χ0) is 18.0. The second-order valence-electron chi connectivity index (χ2n) is 5.91. The molecule has 0 saturated carbocycles. The van der Waals surface area contributed by atoms with Gasteiger partial charge in [-0.2, -0.15) is 0 Å². The van der Waals surface area contributed by atoms with E-state index in [4.69, 9.17) is 15.9 Å². The molecule has 0 rings (SSSR count). The third-order valence-corrected chi connectivity index (χ3v) is 3.70. The first kappa shape index (κ1) is 22.3. The van der Waals surface area contributed by atoms with E-state index in [1.165, 1.54) is 12.8 Å². The van der Waals surface area contributed by atoms with Gasteiger partial charge in [-0.15, -0.1) is 6.42 Å². The van der Waals surface area contributed by atoms with Gasteiger partial charge in [0.05, 0.1) is 6.61 Å². The molecule has 5 heteroatoms. The highest BCUT2D eigenvalue weighted by atomic mass is 16.6. The van der Waals surface area contributed by atoms with E-state index in [-0.39, 0.29) is 12.6 Å². The highest BCUT2D eigenvalue weighted by molar-refractivity contribution is 5.81. The minimum absolute atomic E-state index is 0.110. The largest absolute Gasteiger partial charge is 0.464 e. The fourth-order valence-electron chi connectivity index (χ4n) is 2.29. The first-order valence-electron chi connectivity index (χ1n) is 9.19. The summed E-state index contributed by atoms with van der Waals surface area (Å²) in [6.07, 6.45) is 14.5. The van der Waals surface area contributed by atoms with Crippen molar-refractivity contribution in [3.63, 3.8) is 0 Å². The van der Waals surface area contributed by atoms with E-state index in [1.54, 1.807) is 0 Å². The maximum Gasteiger partial charge on any atom is 0.408 e. The molecule has 1 amide bonds. The zero-order valence-corrected chi connectivity index (χ0v) is 15.3. The van der Waals surface area contributed by atoms with Crippen LogP contribution < -0.4 is 5.32 Å². The lowest BCUT2D eigenvalue weighted by molar-refractivity contribution is -0.146. The van der Waals surface area contributed by atoms with Crippen molar-refractivity contribution in [2.75, 3.05) is 13.2 Å². The molecule has 0 radical (unpaired) electrons. The molecule has 0 aliphatic rings. The minimum Gasteiger partial charge on any atom is -0.464 e. The zero-order valence-electron chi connectivity index (χ0n) is 15.3. The summed E-state index contributed by atoms with van der Waals surface area (Å²) in [4.78, 5) is 23.8. The summed E-state index contributed by atoms with van der Waals surface area (Å²) in [5.41, 5.74) is 0. The summed E-state index contributed by atoms with van der Waals surface area (Å²) in [6, 6.07) is -0.664. The Morgan fingerprint density at radius 1 is 0.958 bits per heavy atom. The molecule has 0 spiro atoms. The van der Waals surface area contributed by atoms with Crippen LogP contribution in [0, 0.1) is 12.3 Å². The second-order valence-corrected chi connectivity index (χ2v) is 5.91. The molecule has 0 fully saturated rings. The van der Waals surface area contributed by atoms with E-state index in [2.05, 4.69) is 25.1 Å². The van der Waals surface area contributed by atoms with E-state index in [1.807, 2.05) is 0 Å². The molecule has 5 nitrogen and oxygen atoms in total. The van der Waals surface area contributed by atoms with Crippen LogP contribution in [0.25, 0.3) is 0 Å². The fourth-order valence-corrected chi connectivity index (χ4v) is 2.29. The van der Waals surface area contributed by atoms with E-state index in [0.29, 0.717) is 13.0 Å². The lowest BCUT2D eigenvalue weighted by Crippen LogP contribution is -2.42. The van der Waals surface area contributed by atoms with Gasteiger partial charge in [-0.1, -0.05) is 71.1 Å². The normalized spacial score (nSPS) is 11.4. The Bertz CT molecular complexity index is 376. The van der Waals surface area contributed by atoms with Crippen molar-refractivity contribution in [1.29, 1.82) is 0 Å². The Morgan fingerprint density at radius 3 is 2.21 bits per heavy atom. The number of terminal acetylenes is 1. The first-order valence-corrected chi connectivity index (χ1v) is 9.19. The SMILES string of the molecule is C#CCOC(=O)NC(CCCCCC)C(=O)OCCCCCCC. The van der Waals surface area contributed by atoms with Crippen molar-refractivity contribution >= 4 is 12.1 Å². The number of unbranched alkanes of at least 4 members (excludes halogenated alkanes) is 7. The summed E-state index contributed by atoms with van der Waals surface area (Å²) in [7, 11) is 0. The number of carbonyl (C=O) groups is 2. The lowest BCUT2D eigenvalue weighted by Gasteiger charge is -2.17. The number of amides is 1. The van der Waals surface area contributed by atoms with E-state index < -0.39 is 12.1 Å². The van der Waals surface area contributed by atoms with Crippen molar-refractivity contribution < 1.29 is 19.1 Å². The molecule has 0 saturated heterocycles. The van der Waals surface area contributed by atoms with Gasteiger partial charge in [0, 0.05) is 0 Å². The maximum absolute atomic E-state index is 12.2. The van der Waals surface area contributed by atoms with Gasteiger partial charge < -0.3 is 14.8 Å².